The number of nitrogens with zero attached hydrogens (tertiary/aromatic N) is 2. The minimum absolute atomic E-state index is 0.119. The third-order valence-corrected chi connectivity index (χ3v) is 5.89. The number of imide groups is 2. The average Bonchev–Trinajstić information content (AvgIpc) is 3.45. The molecule has 0 N–H and O–H groups in total. The monoisotopic (exact) mass is 536 g/mol. The van der Waals surface area contributed by atoms with Gasteiger partial charge in [0.15, 0.2) is 0 Å². The molecule has 40 heavy (non-hydrogen) atoms. The van der Waals surface area contributed by atoms with Crippen LogP contribution in [0.4, 0.5) is 24.5 Å². The minimum Gasteiger partial charge on any atom is -0.269 e. The van der Waals surface area contributed by atoms with Gasteiger partial charge >= 0.3 is 6.18 Å². The number of rotatable bonds is 2. The molecule has 3 aromatic rings. The molecule has 4 amide bonds. The van der Waals surface area contributed by atoms with Crippen LogP contribution in [0.3, 0.4) is 0 Å². The highest BCUT2D eigenvalue weighted by molar-refractivity contribution is 6.28. The predicted molar refractivity (Wildman–Crippen MR) is 140 cm³/mol. The zero-order valence-electron chi connectivity index (χ0n) is 20.3. The number of hydrogen-bond donors (Lipinski definition) is 0. The lowest BCUT2D eigenvalue weighted by molar-refractivity contribution is -0.137. The van der Waals surface area contributed by atoms with Crippen molar-refractivity contribution in [2.75, 3.05) is 9.80 Å². The van der Waals surface area contributed by atoms with Gasteiger partial charge in [0.2, 0.25) is 0 Å². The molecular weight excluding hydrogens is 521 g/mol. The fraction of sp³-hybridized carbons (Fsp3) is 0.0323. The third-order valence-electron chi connectivity index (χ3n) is 5.89. The van der Waals surface area contributed by atoms with Gasteiger partial charge in [0.05, 0.1) is 16.9 Å². The lowest BCUT2D eigenvalue weighted by Gasteiger charge is -2.13. The lowest BCUT2D eigenvalue weighted by atomic mass is 10.0. The number of anilines is 2. The van der Waals surface area contributed by atoms with E-state index < -0.39 is 35.4 Å². The molecule has 3 aromatic carbocycles. The van der Waals surface area contributed by atoms with Gasteiger partial charge in [-0.3, -0.25) is 19.2 Å². The van der Waals surface area contributed by atoms with Crippen LogP contribution in [0.5, 0.6) is 0 Å². The van der Waals surface area contributed by atoms with Gasteiger partial charge in [-0.05, 0) is 66.7 Å². The van der Waals surface area contributed by atoms with E-state index in [-0.39, 0.29) is 11.1 Å². The Morgan fingerprint density at radius 2 is 0.875 bits per heavy atom. The van der Waals surface area contributed by atoms with Crippen LogP contribution in [0.1, 0.15) is 27.8 Å². The fourth-order valence-electron chi connectivity index (χ4n) is 3.95. The first-order valence-corrected chi connectivity index (χ1v) is 11.7. The number of carbonyl (C=O) groups excluding carboxylic acids is 4. The van der Waals surface area contributed by atoms with Crippen molar-refractivity contribution in [2.24, 2.45) is 0 Å². The molecule has 0 unspecified atom stereocenters. The van der Waals surface area contributed by atoms with Crippen LogP contribution in [0.2, 0.25) is 0 Å². The molecule has 0 fully saturated rings. The summed E-state index contributed by atoms with van der Waals surface area (Å²) in [5.41, 5.74) is 0.487. The lowest BCUT2D eigenvalue weighted by Crippen LogP contribution is -2.29. The number of halogens is 3. The molecule has 0 aliphatic carbocycles. The molecule has 2 aliphatic rings. The van der Waals surface area contributed by atoms with Gasteiger partial charge in [0.25, 0.3) is 23.6 Å². The van der Waals surface area contributed by atoms with Crippen LogP contribution in [0.15, 0.2) is 91.0 Å². The van der Waals surface area contributed by atoms with Crippen molar-refractivity contribution in [1.82, 2.24) is 0 Å². The summed E-state index contributed by atoms with van der Waals surface area (Å²) in [7, 11) is 0. The maximum absolute atomic E-state index is 13.8. The molecule has 0 bridgehead atoms. The van der Waals surface area contributed by atoms with Crippen molar-refractivity contribution in [2.45, 2.75) is 6.18 Å². The van der Waals surface area contributed by atoms with Gasteiger partial charge in [-0.25, -0.2) is 9.80 Å². The predicted octanol–water partition coefficient (Wildman–Crippen LogP) is 4.36. The van der Waals surface area contributed by atoms with E-state index in [0.29, 0.717) is 22.5 Å². The quantitative estimate of drug-likeness (QED) is 0.360. The second kappa shape index (κ2) is 10.2. The third kappa shape index (κ3) is 5.31. The van der Waals surface area contributed by atoms with Crippen molar-refractivity contribution >= 4 is 35.0 Å². The van der Waals surface area contributed by atoms with E-state index in [1.807, 2.05) is 0 Å². The Balaban J connectivity index is 1.35. The van der Waals surface area contributed by atoms with Gasteiger partial charge < -0.3 is 0 Å². The Kier molecular flexibility index (Phi) is 6.64. The van der Waals surface area contributed by atoms with Crippen LogP contribution in [-0.2, 0) is 25.4 Å². The van der Waals surface area contributed by atoms with E-state index >= 15 is 0 Å². The highest BCUT2D eigenvalue weighted by atomic mass is 19.4. The summed E-state index contributed by atoms with van der Waals surface area (Å²) >= 11 is 0. The molecule has 0 saturated heterocycles. The number of amides is 4. The summed E-state index contributed by atoms with van der Waals surface area (Å²) in [5, 5.41) is 0. The summed E-state index contributed by atoms with van der Waals surface area (Å²) in [6.07, 6.45) is -0.0500. The molecule has 5 rings (SSSR count). The van der Waals surface area contributed by atoms with Gasteiger partial charge in [-0.1, -0.05) is 23.7 Å². The van der Waals surface area contributed by atoms with Crippen molar-refractivity contribution in [3.8, 4) is 23.7 Å². The van der Waals surface area contributed by atoms with Gasteiger partial charge in [0.1, 0.15) is 0 Å². The number of hydrogen-bond acceptors (Lipinski definition) is 4. The molecule has 2 heterocycles. The Morgan fingerprint density at radius 3 is 1.30 bits per heavy atom. The second-order valence-corrected chi connectivity index (χ2v) is 8.54. The molecule has 9 heteroatoms. The maximum Gasteiger partial charge on any atom is 0.417 e. The van der Waals surface area contributed by atoms with Gasteiger partial charge in [0, 0.05) is 46.6 Å². The van der Waals surface area contributed by atoms with Crippen molar-refractivity contribution < 1.29 is 32.3 Å². The molecule has 194 valence electrons. The van der Waals surface area contributed by atoms with Crippen LogP contribution in [0, 0.1) is 23.7 Å². The number of carbonyl (C=O) groups is 4. The Hall–Kier alpha value is -5.67. The normalized spacial score (nSPS) is 14.4. The van der Waals surface area contributed by atoms with Gasteiger partial charge in [-0.15, -0.1) is 0 Å². The Bertz CT molecular complexity index is 1730. The van der Waals surface area contributed by atoms with Crippen LogP contribution < -0.4 is 9.80 Å². The zero-order chi connectivity index (χ0) is 28.4. The number of benzene rings is 3. The summed E-state index contributed by atoms with van der Waals surface area (Å²) in [4.78, 5) is 49.2. The highest BCUT2D eigenvalue weighted by Crippen LogP contribution is 2.32. The number of alkyl halides is 3. The molecule has 0 saturated carbocycles. The summed E-state index contributed by atoms with van der Waals surface area (Å²) in [6, 6.07) is 15.7. The average molecular weight is 536 g/mol. The van der Waals surface area contributed by atoms with Crippen LogP contribution in [0.25, 0.3) is 0 Å². The molecule has 0 aromatic heterocycles. The Labute approximate surface area is 226 Å². The van der Waals surface area contributed by atoms with E-state index in [0.717, 1.165) is 40.2 Å². The van der Waals surface area contributed by atoms with Crippen molar-refractivity contribution in [3.05, 3.63) is 119 Å². The summed E-state index contributed by atoms with van der Waals surface area (Å²) < 4.78 is 41.4. The maximum atomic E-state index is 13.8. The molecular formula is C31H15F3N2O4. The topological polar surface area (TPSA) is 74.8 Å². The van der Waals surface area contributed by atoms with E-state index in [4.69, 9.17) is 0 Å². The first-order chi connectivity index (χ1) is 19.1. The standard InChI is InChI=1S/C31H15F3N2O4/c32-31(33,34)26-19-22(2-1-20-5-11-24(12-6-20)35-27(37)15-16-28(35)38)4-10-23(26)9-3-21-7-13-25(14-8-21)36-29(39)17-18-30(36)40/h4-8,10-19H. The first-order valence-electron chi connectivity index (χ1n) is 11.7. The molecule has 0 spiro atoms. The SMILES string of the molecule is O=C1C=CC(=O)N1c1ccc(C#Cc2ccc(C#Cc3ccc(N4C(=O)C=CC4=O)cc3)c(C(F)(F)F)c2)cc1. The highest BCUT2D eigenvalue weighted by Gasteiger charge is 2.33. The first kappa shape index (κ1) is 26.0. The second-order valence-electron chi connectivity index (χ2n) is 8.54. The van der Waals surface area contributed by atoms with E-state index in [1.165, 1.54) is 48.5 Å². The van der Waals surface area contributed by atoms with Crippen molar-refractivity contribution in [3.63, 3.8) is 0 Å². The van der Waals surface area contributed by atoms with E-state index in [2.05, 4.69) is 23.7 Å². The van der Waals surface area contributed by atoms with E-state index in [9.17, 15) is 32.3 Å². The molecule has 6 nitrogen and oxygen atoms in total. The van der Waals surface area contributed by atoms with Crippen molar-refractivity contribution in [1.29, 1.82) is 0 Å². The summed E-state index contributed by atoms with van der Waals surface area (Å²) in [6.45, 7) is 0. The summed E-state index contributed by atoms with van der Waals surface area (Å²) in [5.74, 6) is 8.81. The minimum atomic E-state index is -4.68. The molecule has 0 atom stereocenters. The van der Waals surface area contributed by atoms with Crippen LogP contribution in [-0.4, -0.2) is 23.6 Å². The Morgan fingerprint density at radius 1 is 0.500 bits per heavy atom. The van der Waals surface area contributed by atoms with E-state index in [1.54, 1.807) is 12.1 Å². The molecule has 2 aliphatic heterocycles. The zero-order valence-corrected chi connectivity index (χ0v) is 20.3. The molecule has 0 radical (unpaired) electrons. The fourth-order valence-corrected chi connectivity index (χ4v) is 3.95. The smallest absolute Gasteiger partial charge is 0.269 e. The van der Waals surface area contributed by atoms with Crippen LogP contribution >= 0.6 is 0 Å². The van der Waals surface area contributed by atoms with Gasteiger partial charge in [-0.2, -0.15) is 13.2 Å². The largest absolute Gasteiger partial charge is 0.417 e.